The van der Waals surface area contributed by atoms with Crippen molar-refractivity contribution in [2.24, 2.45) is 0 Å². The van der Waals surface area contributed by atoms with Crippen LogP contribution in [0.25, 0.3) is 11.0 Å². The second-order valence-corrected chi connectivity index (χ2v) is 7.96. The molecule has 0 saturated carbocycles. The molecule has 4 rings (SSSR count). The Kier molecular flexibility index (Phi) is 3.69. The fourth-order valence-corrected chi connectivity index (χ4v) is 4.82. The van der Waals surface area contributed by atoms with E-state index < -0.39 is 17.2 Å². The van der Waals surface area contributed by atoms with Crippen LogP contribution in [0.5, 0.6) is 0 Å². The first-order valence-electron chi connectivity index (χ1n) is 7.43. The molecule has 0 radical (unpaired) electrons. The predicted molar refractivity (Wildman–Crippen MR) is 93.9 cm³/mol. The van der Waals surface area contributed by atoms with Crippen molar-refractivity contribution in [1.29, 1.82) is 0 Å². The molecule has 124 valence electrons. The molecule has 2 fully saturated rings. The van der Waals surface area contributed by atoms with Crippen LogP contribution in [0, 0.1) is 0 Å². The van der Waals surface area contributed by atoms with Gasteiger partial charge in [0.15, 0.2) is 0 Å². The number of carbonyl (C=O) groups excluding carboxylic acids is 2. The molecule has 8 heteroatoms. The molecule has 3 amide bonds. The number of nitrogens with one attached hydrogen (secondary N) is 1. The third kappa shape index (κ3) is 2.44. The van der Waals surface area contributed by atoms with Crippen molar-refractivity contribution >= 4 is 50.6 Å². The van der Waals surface area contributed by atoms with Crippen molar-refractivity contribution < 1.29 is 14.0 Å². The van der Waals surface area contributed by atoms with E-state index in [1.54, 1.807) is 23.9 Å². The molecule has 1 spiro atoms. The van der Waals surface area contributed by atoms with Crippen LogP contribution in [0.2, 0.25) is 0 Å². The van der Waals surface area contributed by atoms with Gasteiger partial charge < -0.3 is 9.73 Å². The normalized spacial score (nSPS) is 23.5. The summed E-state index contributed by atoms with van der Waals surface area (Å²) in [6.07, 6.45) is 0.642. The van der Waals surface area contributed by atoms with Gasteiger partial charge in [-0.2, -0.15) is 11.8 Å². The Morgan fingerprint density at radius 1 is 1.29 bits per heavy atom. The van der Waals surface area contributed by atoms with E-state index in [0.29, 0.717) is 28.7 Å². The molecule has 3 heterocycles. The summed E-state index contributed by atoms with van der Waals surface area (Å²) in [6.45, 7) is 0.0564. The summed E-state index contributed by atoms with van der Waals surface area (Å²) in [5, 5.41) is 3.54. The van der Waals surface area contributed by atoms with Gasteiger partial charge >= 0.3 is 11.7 Å². The van der Waals surface area contributed by atoms with Crippen LogP contribution in [0.3, 0.4) is 0 Å². The average Bonchev–Trinajstić information content (AvgIpc) is 3.08. The van der Waals surface area contributed by atoms with Gasteiger partial charge in [0.1, 0.15) is 11.1 Å². The lowest BCUT2D eigenvalue weighted by molar-refractivity contribution is -0.130. The van der Waals surface area contributed by atoms with Gasteiger partial charge in [-0.1, -0.05) is 15.9 Å². The highest BCUT2D eigenvalue weighted by molar-refractivity contribution is 9.10. The zero-order chi connectivity index (χ0) is 16.9. The van der Waals surface area contributed by atoms with Crippen molar-refractivity contribution in [2.75, 3.05) is 11.5 Å². The monoisotopic (exact) mass is 408 g/mol. The summed E-state index contributed by atoms with van der Waals surface area (Å²) in [5.74, 6) is 1.24. The van der Waals surface area contributed by atoms with Crippen LogP contribution < -0.4 is 10.9 Å². The molecule has 0 aliphatic carbocycles. The van der Waals surface area contributed by atoms with Crippen LogP contribution in [-0.4, -0.2) is 33.9 Å². The molecular weight excluding hydrogens is 396 g/mol. The molecule has 6 nitrogen and oxygen atoms in total. The number of benzene rings is 1. The Labute approximate surface area is 149 Å². The van der Waals surface area contributed by atoms with E-state index in [4.69, 9.17) is 4.42 Å². The van der Waals surface area contributed by atoms with E-state index in [-0.39, 0.29) is 12.5 Å². The largest absolute Gasteiger partial charge is 0.423 e. The summed E-state index contributed by atoms with van der Waals surface area (Å²) in [5.41, 5.74) is -0.265. The highest BCUT2D eigenvalue weighted by Crippen LogP contribution is 2.34. The maximum atomic E-state index is 12.7. The van der Waals surface area contributed by atoms with Gasteiger partial charge in [-0.3, -0.25) is 9.69 Å². The molecule has 24 heavy (non-hydrogen) atoms. The number of nitrogens with zero attached hydrogens (tertiary/aromatic N) is 1. The molecule has 1 atom stereocenters. The third-order valence-electron chi connectivity index (χ3n) is 4.39. The number of rotatable bonds is 2. The molecule has 2 saturated heterocycles. The molecular formula is C16H13BrN2O4S. The first-order valence-corrected chi connectivity index (χ1v) is 9.37. The maximum absolute atomic E-state index is 12.7. The van der Waals surface area contributed by atoms with Gasteiger partial charge in [0.2, 0.25) is 0 Å². The lowest BCUT2D eigenvalue weighted by atomic mass is 9.99. The number of halogens is 1. The second-order valence-electron chi connectivity index (χ2n) is 5.94. The number of hydrogen-bond acceptors (Lipinski definition) is 5. The predicted octanol–water partition coefficient (Wildman–Crippen LogP) is 2.48. The first-order chi connectivity index (χ1) is 11.5. The summed E-state index contributed by atoms with van der Waals surface area (Å²) in [7, 11) is 0. The Morgan fingerprint density at radius 2 is 2.12 bits per heavy atom. The number of fused-ring (bicyclic) bond motifs is 1. The van der Waals surface area contributed by atoms with E-state index in [2.05, 4.69) is 21.2 Å². The highest BCUT2D eigenvalue weighted by Gasteiger charge is 2.52. The third-order valence-corrected chi connectivity index (χ3v) is 6.07. The Balaban J connectivity index is 1.73. The standard InChI is InChI=1S/C16H13BrN2O4S/c17-10-1-2-11-9(5-13(20)23-12(11)6-10)7-19-14(21)16(18-15(19)22)3-4-24-8-16/h1-2,5-6H,3-4,7-8H2,(H,18,22). The fourth-order valence-electron chi connectivity index (χ4n) is 3.16. The Bertz CT molecular complexity index is 920. The van der Waals surface area contributed by atoms with Gasteiger partial charge in [0, 0.05) is 21.7 Å². The van der Waals surface area contributed by atoms with Crippen molar-refractivity contribution in [3.05, 3.63) is 44.7 Å². The smallest absolute Gasteiger partial charge is 0.336 e. The van der Waals surface area contributed by atoms with Gasteiger partial charge in [-0.25, -0.2) is 9.59 Å². The van der Waals surface area contributed by atoms with Crippen LogP contribution in [0.4, 0.5) is 4.79 Å². The van der Waals surface area contributed by atoms with Gasteiger partial charge in [-0.15, -0.1) is 0 Å². The van der Waals surface area contributed by atoms with Crippen molar-refractivity contribution in [3.63, 3.8) is 0 Å². The number of hydrogen-bond donors (Lipinski definition) is 1. The summed E-state index contributed by atoms with van der Waals surface area (Å²) >= 11 is 4.99. The maximum Gasteiger partial charge on any atom is 0.336 e. The second kappa shape index (κ2) is 5.63. The lowest BCUT2D eigenvalue weighted by Crippen LogP contribution is -2.46. The van der Waals surface area contributed by atoms with E-state index in [1.165, 1.54) is 11.0 Å². The van der Waals surface area contributed by atoms with E-state index in [0.717, 1.165) is 10.2 Å². The van der Waals surface area contributed by atoms with E-state index in [1.807, 2.05) is 6.07 Å². The minimum absolute atomic E-state index is 0.0564. The molecule has 2 aromatic rings. The van der Waals surface area contributed by atoms with Crippen LogP contribution in [0.15, 0.2) is 37.9 Å². The van der Waals surface area contributed by atoms with Crippen molar-refractivity contribution in [3.8, 4) is 0 Å². The number of amides is 3. The quantitative estimate of drug-likeness (QED) is 0.609. The molecule has 2 aliphatic heterocycles. The van der Waals surface area contributed by atoms with Crippen LogP contribution in [-0.2, 0) is 11.3 Å². The molecule has 1 aromatic carbocycles. The molecule has 2 aliphatic rings. The average molecular weight is 409 g/mol. The Morgan fingerprint density at radius 3 is 2.88 bits per heavy atom. The number of thioether (sulfide) groups is 1. The topological polar surface area (TPSA) is 79.6 Å². The molecule has 1 aromatic heterocycles. The molecule has 1 N–H and O–H groups in total. The highest BCUT2D eigenvalue weighted by atomic mass is 79.9. The number of carbonyl (C=O) groups is 2. The lowest BCUT2D eigenvalue weighted by Gasteiger charge is -2.19. The van der Waals surface area contributed by atoms with E-state index >= 15 is 0 Å². The van der Waals surface area contributed by atoms with Crippen molar-refractivity contribution in [2.45, 2.75) is 18.5 Å². The van der Waals surface area contributed by atoms with Gasteiger partial charge in [-0.05, 0) is 35.9 Å². The zero-order valence-electron chi connectivity index (χ0n) is 12.5. The molecule has 0 bridgehead atoms. The van der Waals surface area contributed by atoms with E-state index in [9.17, 15) is 14.4 Å². The number of imide groups is 1. The SMILES string of the molecule is O=C1NC2(CCSC2)C(=O)N1Cc1cc(=O)oc2cc(Br)ccc12. The van der Waals surface area contributed by atoms with Crippen LogP contribution >= 0.6 is 27.7 Å². The summed E-state index contributed by atoms with van der Waals surface area (Å²) < 4.78 is 5.99. The minimum Gasteiger partial charge on any atom is -0.423 e. The summed E-state index contributed by atoms with van der Waals surface area (Å²) in [6, 6.07) is 6.26. The summed E-state index contributed by atoms with van der Waals surface area (Å²) in [4.78, 5) is 38.1. The van der Waals surface area contributed by atoms with Crippen molar-refractivity contribution in [1.82, 2.24) is 10.2 Å². The minimum atomic E-state index is -0.778. The van der Waals surface area contributed by atoms with Crippen LogP contribution in [0.1, 0.15) is 12.0 Å². The van der Waals surface area contributed by atoms with Gasteiger partial charge in [0.05, 0.1) is 6.54 Å². The Hall–Kier alpha value is -1.80. The fraction of sp³-hybridized carbons (Fsp3) is 0.312. The van der Waals surface area contributed by atoms with Gasteiger partial charge in [0.25, 0.3) is 5.91 Å². The zero-order valence-corrected chi connectivity index (χ0v) is 14.9. The molecule has 1 unspecified atom stereocenters. The number of urea groups is 1. The first kappa shape index (κ1) is 15.7.